The summed E-state index contributed by atoms with van der Waals surface area (Å²) in [6, 6.07) is 20.2. The molecule has 0 saturated heterocycles. The van der Waals surface area contributed by atoms with Crippen LogP contribution in [0.25, 0.3) is 37.7 Å². The number of thiophene rings is 1. The van der Waals surface area contributed by atoms with Crippen molar-refractivity contribution in [1.29, 1.82) is 0 Å². The van der Waals surface area contributed by atoms with Crippen molar-refractivity contribution in [2.24, 2.45) is 0 Å². The molecule has 3 aromatic carbocycles. The Balaban J connectivity index is 1.34. The molecular weight excluding hydrogens is 448 g/mol. The molecule has 6 heteroatoms. The molecule has 3 aromatic heterocycles. The van der Waals surface area contributed by atoms with Gasteiger partial charge in [-0.2, -0.15) is 4.98 Å². The summed E-state index contributed by atoms with van der Waals surface area (Å²) in [4.78, 5) is 13.0. The van der Waals surface area contributed by atoms with Crippen LogP contribution in [0.2, 0.25) is 5.28 Å². The molecule has 0 bridgehead atoms. The first-order valence-corrected chi connectivity index (χ1v) is 12.4. The fourth-order valence-corrected chi connectivity index (χ4v) is 6.46. The number of rotatable bonds is 2. The number of aryl methyl sites for hydroxylation is 1. The van der Waals surface area contributed by atoms with E-state index in [2.05, 4.69) is 79.5 Å². The van der Waals surface area contributed by atoms with Crippen LogP contribution in [-0.2, 0) is 12.8 Å². The van der Waals surface area contributed by atoms with Gasteiger partial charge in [0.1, 0.15) is 16.8 Å². The number of nitrogens with zero attached hydrogens (tertiary/aromatic N) is 4. The standard InChI is InChI=1S/C27H19ClN4S/c28-27-29-14-24-25(31-27)32(15-30-24)26-20(11-12-33-26)18-6-5-17-8-9-21-19-4-2-1-3-16(19)7-10-22(21)23(17)13-18/h1-4,7-12,14-15,18H,5-6,13H2. The van der Waals surface area contributed by atoms with Crippen molar-refractivity contribution in [1.82, 2.24) is 19.5 Å². The third-order valence-corrected chi connectivity index (χ3v) is 8.05. The third kappa shape index (κ3) is 3.00. The Labute approximate surface area is 199 Å². The maximum absolute atomic E-state index is 6.09. The van der Waals surface area contributed by atoms with Crippen molar-refractivity contribution < 1.29 is 0 Å². The molecule has 33 heavy (non-hydrogen) atoms. The highest BCUT2D eigenvalue weighted by atomic mass is 35.5. The van der Waals surface area contributed by atoms with Crippen LogP contribution in [0.5, 0.6) is 0 Å². The second-order valence-electron chi connectivity index (χ2n) is 8.67. The quantitative estimate of drug-likeness (QED) is 0.202. The van der Waals surface area contributed by atoms with Crippen LogP contribution in [0.3, 0.4) is 0 Å². The Bertz CT molecular complexity index is 1680. The van der Waals surface area contributed by atoms with E-state index in [9.17, 15) is 0 Å². The molecule has 4 nitrogen and oxygen atoms in total. The molecule has 7 rings (SSSR count). The van der Waals surface area contributed by atoms with E-state index in [0.29, 0.717) is 5.92 Å². The van der Waals surface area contributed by atoms with Crippen molar-refractivity contribution in [3.8, 4) is 5.00 Å². The van der Waals surface area contributed by atoms with Crippen LogP contribution in [0.1, 0.15) is 29.0 Å². The van der Waals surface area contributed by atoms with Gasteiger partial charge in [0.15, 0.2) is 5.65 Å². The predicted octanol–water partition coefficient (Wildman–Crippen LogP) is 7.11. The zero-order valence-electron chi connectivity index (χ0n) is 17.7. The lowest BCUT2D eigenvalue weighted by Gasteiger charge is -2.27. The van der Waals surface area contributed by atoms with Crippen LogP contribution in [-0.4, -0.2) is 19.5 Å². The van der Waals surface area contributed by atoms with Gasteiger partial charge >= 0.3 is 0 Å². The topological polar surface area (TPSA) is 43.6 Å². The van der Waals surface area contributed by atoms with E-state index in [4.69, 9.17) is 11.6 Å². The van der Waals surface area contributed by atoms with Crippen LogP contribution < -0.4 is 0 Å². The summed E-state index contributed by atoms with van der Waals surface area (Å²) in [7, 11) is 0. The van der Waals surface area contributed by atoms with Gasteiger partial charge in [0.05, 0.1) is 6.20 Å². The molecule has 160 valence electrons. The number of fused-ring (bicyclic) bond motifs is 6. The number of aromatic nitrogens is 4. The predicted molar refractivity (Wildman–Crippen MR) is 136 cm³/mol. The Morgan fingerprint density at radius 1 is 0.939 bits per heavy atom. The summed E-state index contributed by atoms with van der Waals surface area (Å²) in [6.45, 7) is 0. The first kappa shape index (κ1) is 19.2. The van der Waals surface area contributed by atoms with E-state index in [0.717, 1.165) is 30.4 Å². The second-order valence-corrected chi connectivity index (χ2v) is 9.90. The van der Waals surface area contributed by atoms with Gasteiger partial charge in [-0.1, -0.05) is 48.5 Å². The van der Waals surface area contributed by atoms with Crippen LogP contribution in [0.15, 0.2) is 72.5 Å². The van der Waals surface area contributed by atoms with Gasteiger partial charge in [0, 0.05) is 0 Å². The van der Waals surface area contributed by atoms with Crippen molar-refractivity contribution in [2.45, 2.75) is 25.2 Å². The Morgan fingerprint density at radius 3 is 2.82 bits per heavy atom. The maximum atomic E-state index is 6.09. The lowest BCUT2D eigenvalue weighted by Crippen LogP contribution is -2.14. The van der Waals surface area contributed by atoms with Gasteiger partial charge in [0.2, 0.25) is 5.28 Å². The van der Waals surface area contributed by atoms with E-state index in [1.165, 1.54) is 43.2 Å². The SMILES string of the molecule is Clc1ncc2ncn(-c3sccc3C3CCc4ccc5c(ccc6ccccc65)c4C3)c2n1. The van der Waals surface area contributed by atoms with Crippen LogP contribution in [0.4, 0.5) is 0 Å². The summed E-state index contributed by atoms with van der Waals surface area (Å²) in [6.07, 6.45) is 6.79. The monoisotopic (exact) mass is 466 g/mol. The second kappa shape index (κ2) is 7.37. The maximum Gasteiger partial charge on any atom is 0.224 e. The van der Waals surface area contributed by atoms with E-state index in [-0.39, 0.29) is 5.28 Å². The molecule has 0 radical (unpaired) electrons. The number of hydrogen-bond donors (Lipinski definition) is 0. The lowest BCUT2D eigenvalue weighted by molar-refractivity contribution is 0.588. The van der Waals surface area contributed by atoms with Gasteiger partial charge < -0.3 is 0 Å². The molecule has 6 aromatic rings. The first-order chi connectivity index (χ1) is 16.3. The Hall–Kier alpha value is -3.28. The molecule has 0 fully saturated rings. The van der Waals surface area contributed by atoms with Gasteiger partial charge in [-0.15, -0.1) is 11.3 Å². The normalized spacial score (nSPS) is 16.0. The van der Waals surface area contributed by atoms with Gasteiger partial charge in [0.25, 0.3) is 0 Å². The molecule has 0 amide bonds. The minimum absolute atomic E-state index is 0.243. The minimum Gasteiger partial charge on any atom is -0.274 e. The van der Waals surface area contributed by atoms with E-state index in [1.54, 1.807) is 17.5 Å². The summed E-state index contributed by atoms with van der Waals surface area (Å²) < 4.78 is 2.06. The summed E-state index contributed by atoms with van der Waals surface area (Å²) >= 11 is 7.82. The van der Waals surface area contributed by atoms with Gasteiger partial charge in [-0.05, 0) is 86.5 Å². The van der Waals surface area contributed by atoms with Crippen molar-refractivity contribution in [3.05, 3.63) is 94.5 Å². The number of hydrogen-bond acceptors (Lipinski definition) is 4. The highest BCUT2D eigenvalue weighted by Crippen LogP contribution is 2.41. The average molecular weight is 467 g/mol. The molecule has 3 heterocycles. The molecule has 1 aliphatic rings. The van der Waals surface area contributed by atoms with E-state index < -0.39 is 0 Å². The van der Waals surface area contributed by atoms with Gasteiger partial charge in [-0.25, -0.2) is 9.97 Å². The molecule has 1 aliphatic carbocycles. The fraction of sp³-hybridized carbons (Fsp3) is 0.148. The molecule has 0 N–H and O–H groups in total. The molecule has 1 unspecified atom stereocenters. The minimum atomic E-state index is 0.243. The summed E-state index contributed by atoms with van der Waals surface area (Å²) in [5, 5.41) is 8.96. The largest absolute Gasteiger partial charge is 0.274 e. The van der Waals surface area contributed by atoms with E-state index >= 15 is 0 Å². The number of benzene rings is 3. The fourth-order valence-electron chi connectivity index (χ4n) is 5.37. The number of imidazole rings is 1. The Morgan fingerprint density at radius 2 is 1.85 bits per heavy atom. The lowest BCUT2D eigenvalue weighted by atomic mass is 9.78. The molecule has 0 spiro atoms. The van der Waals surface area contributed by atoms with Crippen molar-refractivity contribution in [3.63, 3.8) is 0 Å². The zero-order valence-corrected chi connectivity index (χ0v) is 19.3. The third-order valence-electron chi connectivity index (χ3n) is 6.94. The molecule has 0 saturated carbocycles. The van der Waals surface area contributed by atoms with Crippen molar-refractivity contribution in [2.75, 3.05) is 0 Å². The molecule has 1 atom stereocenters. The van der Waals surface area contributed by atoms with Crippen LogP contribution in [0, 0.1) is 0 Å². The summed E-state index contributed by atoms with van der Waals surface area (Å²) in [5.74, 6) is 0.450. The zero-order chi connectivity index (χ0) is 21.9. The number of halogens is 1. The first-order valence-electron chi connectivity index (χ1n) is 11.1. The molecular formula is C27H19ClN4S. The van der Waals surface area contributed by atoms with Gasteiger partial charge in [-0.3, -0.25) is 4.57 Å². The smallest absolute Gasteiger partial charge is 0.224 e. The molecule has 0 aliphatic heterocycles. The highest BCUT2D eigenvalue weighted by molar-refractivity contribution is 7.12. The van der Waals surface area contributed by atoms with Crippen molar-refractivity contribution >= 4 is 55.6 Å². The van der Waals surface area contributed by atoms with Crippen LogP contribution >= 0.6 is 22.9 Å². The highest BCUT2D eigenvalue weighted by Gasteiger charge is 2.26. The van der Waals surface area contributed by atoms with E-state index in [1.807, 2.05) is 6.33 Å². The average Bonchev–Trinajstić information content (AvgIpc) is 3.50. The summed E-state index contributed by atoms with van der Waals surface area (Å²) in [5.41, 5.74) is 5.85. The Kier molecular flexibility index (Phi) is 4.29.